The fourth-order valence-electron chi connectivity index (χ4n) is 2.01. The van der Waals surface area contributed by atoms with Gasteiger partial charge in [0.1, 0.15) is 0 Å². The largest absolute Gasteiger partial charge is 0.449 e. The van der Waals surface area contributed by atoms with E-state index in [1.807, 2.05) is 0 Å². The molecule has 3 heteroatoms. The normalized spacial score (nSPS) is 18.0. The predicted octanol–water partition coefficient (Wildman–Crippen LogP) is 2.21. The Bertz CT molecular complexity index is 284. The van der Waals surface area contributed by atoms with Gasteiger partial charge in [-0.3, -0.25) is 9.69 Å². The van der Waals surface area contributed by atoms with Crippen LogP contribution >= 0.6 is 0 Å². The Morgan fingerprint density at radius 2 is 2.06 bits per heavy atom. The summed E-state index contributed by atoms with van der Waals surface area (Å²) in [5.74, 6) is 5.97. The molecule has 0 amide bonds. The molecule has 0 saturated carbocycles. The van der Waals surface area contributed by atoms with Crippen LogP contribution in [0.1, 0.15) is 46.0 Å². The van der Waals surface area contributed by atoms with E-state index < -0.39 is 0 Å². The fourth-order valence-corrected chi connectivity index (χ4v) is 2.01. The average Bonchev–Trinajstić information content (AvgIpc) is 2.30. The van der Waals surface area contributed by atoms with E-state index in [1.54, 1.807) is 0 Å². The van der Waals surface area contributed by atoms with Crippen LogP contribution in [0.25, 0.3) is 0 Å². The molecule has 0 spiro atoms. The third kappa shape index (κ3) is 6.33. The molecule has 0 unspecified atom stereocenters. The van der Waals surface area contributed by atoms with Crippen LogP contribution in [0.5, 0.6) is 0 Å². The molecule has 1 aliphatic heterocycles. The summed E-state index contributed by atoms with van der Waals surface area (Å²) in [7, 11) is 0. The molecule has 96 valence electrons. The summed E-state index contributed by atoms with van der Waals surface area (Å²) in [4.78, 5) is 13.3. The average molecular weight is 237 g/mol. The molecule has 0 radical (unpaired) electrons. The number of ether oxygens (including phenoxy) is 1. The molecule has 1 heterocycles. The maximum atomic E-state index is 10.9. The second-order valence-corrected chi connectivity index (χ2v) is 4.54. The van der Waals surface area contributed by atoms with E-state index in [4.69, 9.17) is 4.74 Å². The van der Waals surface area contributed by atoms with Crippen molar-refractivity contribution in [3.8, 4) is 11.8 Å². The number of hydrogen-bond donors (Lipinski definition) is 0. The van der Waals surface area contributed by atoms with E-state index in [1.165, 1.54) is 26.2 Å². The fraction of sp³-hybridized carbons (Fsp3) is 0.786. The zero-order valence-corrected chi connectivity index (χ0v) is 11.0. The van der Waals surface area contributed by atoms with E-state index in [9.17, 15) is 4.79 Å². The Hall–Kier alpha value is -1.01. The Morgan fingerprint density at radius 1 is 1.35 bits per heavy atom. The van der Waals surface area contributed by atoms with Crippen molar-refractivity contribution in [2.75, 3.05) is 19.6 Å². The smallest absolute Gasteiger partial charge is 0.303 e. The van der Waals surface area contributed by atoms with Crippen molar-refractivity contribution in [3.05, 3.63) is 0 Å². The van der Waals surface area contributed by atoms with E-state index in [0.717, 1.165) is 32.5 Å². The summed E-state index contributed by atoms with van der Waals surface area (Å²) in [5, 5.41) is 0. The zero-order chi connectivity index (χ0) is 12.5. The van der Waals surface area contributed by atoms with E-state index in [0.29, 0.717) is 0 Å². The van der Waals surface area contributed by atoms with Crippen molar-refractivity contribution < 1.29 is 9.53 Å². The molecule has 0 aromatic heterocycles. The Labute approximate surface area is 105 Å². The Balaban J connectivity index is 2.34. The van der Waals surface area contributed by atoms with Gasteiger partial charge in [0.25, 0.3) is 0 Å². The highest BCUT2D eigenvalue weighted by Crippen LogP contribution is 2.07. The van der Waals surface area contributed by atoms with Crippen molar-refractivity contribution in [3.63, 3.8) is 0 Å². The van der Waals surface area contributed by atoms with Crippen LogP contribution in [0.3, 0.4) is 0 Å². The third-order valence-corrected chi connectivity index (χ3v) is 2.87. The number of likely N-dealkylation sites (tertiary alicyclic amines) is 1. The maximum Gasteiger partial charge on any atom is 0.303 e. The molecule has 0 aromatic carbocycles. The summed E-state index contributed by atoms with van der Waals surface area (Å²) in [5.41, 5.74) is 0. The number of nitrogens with zero attached hydrogens (tertiary/aromatic N) is 1. The Kier molecular flexibility index (Phi) is 6.73. The van der Waals surface area contributed by atoms with Crippen LogP contribution in [0, 0.1) is 11.8 Å². The first-order valence-electron chi connectivity index (χ1n) is 6.60. The molecule has 0 N–H and O–H groups in total. The standard InChI is InChI=1S/C14H23NO2/c1-3-8-14(17-13(2)16)9-7-12-15-10-5-4-6-11-15/h14H,3-6,8,10-12H2,1-2H3/t14-/m0/s1. The Morgan fingerprint density at radius 3 is 2.65 bits per heavy atom. The lowest BCUT2D eigenvalue weighted by Gasteiger charge is -2.23. The van der Waals surface area contributed by atoms with Crippen molar-refractivity contribution >= 4 is 5.97 Å². The highest BCUT2D eigenvalue weighted by molar-refractivity contribution is 5.66. The molecular formula is C14H23NO2. The lowest BCUT2D eigenvalue weighted by molar-refractivity contribution is -0.143. The molecule has 0 bridgehead atoms. The molecule has 0 aliphatic carbocycles. The SMILES string of the molecule is CCC[C@@H](C#CCN1CCCCC1)OC(C)=O. The van der Waals surface area contributed by atoms with Crippen LogP contribution in [0.4, 0.5) is 0 Å². The first kappa shape index (κ1) is 14.1. The molecule has 1 rings (SSSR count). The number of esters is 1. The molecule has 0 aromatic rings. The molecule has 3 nitrogen and oxygen atoms in total. The van der Waals surface area contributed by atoms with Gasteiger partial charge in [-0.15, -0.1) is 0 Å². The topological polar surface area (TPSA) is 29.5 Å². The van der Waals surface area contributed by atoms with Crippen LogP contribution in [0.15, 0.2) is 0 Å². The van der Waals surface area contributed by atoms with Gasteiger partial charge in [-0.1, -0.05) is 31.6 Å². The van der Waals surface area contributed by atoms with E-state index >= 15 is 0 Å². The van der Waals surface area contributed by atoms with Gasteiger partial charge in [-0.2, -0.15) is 0 Å². The second-order valence-electron chi connectivity index (χ2n) is 4.54. The highest BCUT2D eigenvalue weighted by atomic mass is 16.5. The van der Waals surface area contributed by atoms with Gasteiger partial charge in [0.2, 0.25) is 0 Å². The van der Waals surface area contributed by atoms with Crippen molar-refractivity contribution in [2.45, 2.75) is 52.1 Å². The van der Waals surface area contributed by atoms with Gasteiger partial charge in [-0.05, 0) is 32.4 Å². The van der Waals surface area contributed by atoms with E-state index in [2.05, 4.69) is 23.7 Å². The number of carbonyl (C=O) groups excluding carboxylic acids is 1. The summed E-state index contributed by atoms with van der Waals surface area (Å²) in [6.45, 7) is 6.63. The molecule has 1 saturated heterocycles. The van der Waals surface area contributed by atoms with Crippen molar-refractivity contribution in [2.24, 2.45) is 0 Å². The molecule has 1 fully saturated rings. The predicted molar refractivity (Wildman–Crippen MR) is 68.5 cm³/mol. The molecule has 1 aliphatic rings. The number of rotatable bonds is 4. The zero-order valence-electron chi connectivity index (χ0n) is 11.0. The van der Waals surface area contributed by atoms with Crippen LogP contribution in [0.2, 0.25) is 0 Å². The van der Waals surface area contributed by atoms with Crippen LogP contribution in [-0.4, -0.2) is 36.6 Å². The highest BCUT2D eigenvalue weighted by Gasteiger charge is 2.09. The van der Waals surface area contributed by atoms with Crippen LogP contribution in [-0.2, 0) is 9.53 Å². The van der Waals surface area contributed by atoms with Crippen LogP contribution < -0.4 is 0 Å². The van der Waals surface area contributed by atoms with Gasteiger partial charge in [-0.25, -0.2) is 0 Å². The van der Waals surface area contributed by atoms with Crippen molar-refractivity contribution in [1.82, 2.24) is 4.90 Å². The molecule has 17 heavy (non-hydrogen) atoms. The van der Waals surface area contributed by atoms with Gasteiger partial charge in [0, 0.05) is 6.92 Å². The maximum absolute atomic E-state index is 10.9. The van der Waals surface area contributed by atoms with Gasteiger partial charge >= 0.3 is 5.97 Å². The first-order valence-corrected chi connectivity index (χ1v) is 6.60. The van der Waals surface area contributed by atoms with Gasteiger partial charge in [0.15, 0.2) is 6.10 Å². The number of piperidine rings is 1. The van der Waals surface area contributed by atoms with E-state index in [-0.39, 0.29) is 12.1 Å². The lowest BCUT2D eigenvalue weighted by Crippen LogP contribution is -2.30. The van der Waals surface area contributed by atoms with Crippen molar-refractivity contribution in [1.29, 1.82) is 0 Å². The summed E-state index contributed by atoms with van der Waals surface area (Å²) in [6.07, 6.45) is 5.49. The van der Waals surface area contributed by atoms with Gasteiger partial charge < -0.3 is 4.74 Å². The minimum Gasteiger partial charge on any atom is -0.449 e. The monoisotopic (exact) mass is 237 g/mol. The summed E-state index contributed by atoms with van der Waals surface area (Å²) >= 11 is 0. The second kappa shape index (κ2) is 8.14. The summed E-state index contributed by atoms with van der Waals surface area (Å²) in [6, 6.07) is 0. The molecular weight excluding hydrogens is 214 g/mol. The number of carbonyl (C=O) groups is 1. The summed E-state index contributed by atoms with van der Waals surface area (Å²) < 4.78 is 5.15. The minimum atomic E-state index is -0.240. The minimum absolute atomic E-state index is 0.220. The van der Waals surface area contributed by atoms with Gasteiger partial charge in [0.05, 0.1) is 6.54 Å². The quantitative estimate of drug-likeness (QED) is 0.554. The number of hydrogen-bond acceptors (Lipinski definition) is 3. The first-order chi connectivity index (χ1) is 8.22. The third-order valence-electron chi connectivity index (χ3n) is 2.87. The lowest BCUT2D eigenvalue weighted by atomic mass is 10.1. The molecule has 1 atom stereocenters.